The predicted octanol–water partition coefficient (Wildman–Crippen LogP) is 4.06. The zero-order chi connectivity index (χ0) is 12.7. The third-order valence-electron chi connectivity index (χ3n) is 2.49. The second-order valence-electron chi connectivity index (χ2n) is 3.73. The fourth-order valence-corrected chi connectivity index (χ4v) is 2.36. The lowest BCUT2D eigenvalue weighted by Crippen LogP contribution is -1.85. The average Bonchev–Trinajstić information content (AvgIpc) is 2.75. The molecule has 0 saturated heterocycles. The van der Waals surface area contributed by atoms with Crippen LogP contribution in [0.15, 0.2) is 45.7 Å². The molecule has 90 valence electrons. The Labute approximate surface area is 119 Å². The second-order valence-corrected chi connectivity index (χ2v) is 5.50. The maximum atomic E-state index is 13.2. The molecule has 0 aliphatic heterocycles. The van der Waals surface area contributed by atoms with E-state index in [-0.39, 0.29) is 5.82 Å². The highest BCUT2D eigenvalue weighted by molar-refractivity contribution is 9.10. The molecule has 3 rings (SSSR count). The van der Waals surface area contributed by atoms with Gasteiger partial charge in [0.2, 0.25) is 5.78 Å². The van der Waals surface area contributed by atoms with Crippen molar-refractivity contribution in [2.24, 2.45) is 0 Å². The van der Waals surface area contributed by atoms with Crippen LogP contribution in [0.4, 0.5) is 4.39 Å². The summed E-state index contributed by atoms with van der Waals surface area (Å²) in [5, 5.41) is 0. The molecule has 3 aromatic rings. The van der Waals surface area contributed by atoms with E-state index in [1.54, 1.807) is 18.3 Å². The summed E-state index contributed by atoms with van der Waals surface area (Å²) in [5.74, 6) is 0.317. The highest BCUT2D eigenvalue weighted by Crippen LogP contribution is 2.24. The average molecular weight is 371 g/mol. The number of imidazole rings is 1. The van der Waals surface area contributed by atoms with Crippen LogP contribution in [0.1, 0.15) is 0 Å². The molecule has 6 heteroatoms. The van der Waals surface area contributed by atoms with Gasteiger partial charge in [0.15, 0.2) is 0 Å². The molecule has 0 spiro atoms. The maximum Gasteiger partial charge on any atom is 0.234 e. The van der Waals surface area contributed by atoms with Crippen molar-refractivity contribution in [2.75, 3.05) is 0 Å². The fraction of sp³-hybridized carbons (Fsp3) is 0. The molecule has 1 aromatic carbocycles. The first kappa shape index (κ1) is 11.8. The number of hydrogen-bond donors (Lipinski definition) is 0. The van der Waals surface area contributed by atoms with Crippen molar-refractivity contribution in [3.63, 3.8) is 0 Å². The Bertz CT molecular complexity index is 739. The van der Waals surface area contributed by atoms with Gasteiger partial charge in [0.25, 0.3) is 0 Å². The molecule has 0 fully saturated rings. The highest BCUT2D eigenvalue weighted by Gasteiger charge is 2.07. The van der Waals surface area contributed by atoms with E-state index in [0.717, 1.165) is 15.7 Å². The number of rotatable bonds is 1. The van der Waals surface area contributed by atoms with E-state index in [1.165, 1.54) is 6.07 Å². The van der Waals surface area contributed by atoms with Gasteiger partial charge in [0.1, 0.15) is 5.82 Å². The molecule has 2 heterocycles. The lowest BCUT2D eigenvalue weighted by molar-refractivity contribution is 0.621. The smallest absolute Gasteiger partial charge is 0.234 e. The molecule has 18 heavy (non-hydrogen) atoms. The van der Waals surface area contributed by atoms with Crippen molar-refractivity contribution in [3.8, 4) is 11.3 Å². The van der Waals surface area contributed by atoms with Gasteiger partial charge in [0.05, 0.1) is 14.6 Å². The molecule has 0 N–H and O–H groups in total. The predicted molar refractivity (Wildman–Crippen MR) is 73.8 cm³/mol. The zero-order valence-electron chi connectivity index (χ0n) is 8.94. The van der Waals surface area contributed by atoms with E-state index in [9.17, 15) is 4.39 Å². The van der Waals surface area contributed by atoms with Crippen LogP contribution in [0.2, 0.25) is 0 Å². The van der Waals surface area contributed by atoms with Crippen molar-refractivity contribution < 1.29 is 4.39 Å². The van der Waals surface area contributed by atoms with Gasteiger partial charge in [-0.15, -0.1) is 0 Å². The van der Waals surface area contributed by atoms with Crippen LogP contribution in [0.5, 0.6) is 0 Å². The first-order valence-corrected chi connectivity index (χ1v) is 6.68. The summed E-state index contributed by atoms with van der Waals surface area (Å²) < 4.78 is 16.3. The molecular weight excluding hydrogens is 365 g/mol. The number of aromatic nitrogens is 3. The third kappa shape index (κ3) is 2.06. The molecule has 0 saturated carbocycles. The summed E-state index contributed by atoms with van der Waals surface area (Å²) in [4.78, 5) is 8.57. The fourth-order valence-electron chi connectivity index (χ4n) is 1.65. The molecule has 0 unspecified atom stereocenters. The van der Waals surface area contributed by atoms with E-state index in [0.29, 0.717) is 10.3 Å². The Kier molecular flexibility index (Phi) is 2.91. The number of fused-ring (bicyclic) bond motifs is 1. The first-order valence-electron chi connectivity index (χ1n) is 5.09. The molecule has 0 aliphatic carbocycles. The summed E-state index contributed by atoms with van der Waals surface area (Å²) >= 11 is 6.52. The van der Waals surface area contributed by atoms with Crippen LogP contribution in [0, 0.1) is 5.82 Å². The van der Waals surface area contributed by atoms with Crippen LogP contribution in [0.3, 0.4) is 0 Å². The van der Waals surface area contributed by atoms with Crippen LogP contribution in [-0.4, -0.2) is 14.4 Å². The zero-order valence-corrected chi connectivity index (χ0v) is 12.1. The molecule has 2 aromatic heterocycles. The minimum Gasteiger partial charge on any atom is -0.289 e. The van der Waals surface area contributed by atoms with Gasteiger partial charge in [-0.3, -0.25) is 4.40 Å². The Morgan fingerprint density at radius 1 is 1.17 bits per heavy atom. The number of hydrogen-bond acceptors (Lipinski definition) is 2. The van der Waals surface area contributed by atoms with Gasteiger partial charge in [-0.1, -0.05) is 0 Å². The first-order chi connectivity index (χ1) is 8.63. The van der Waals surface area contributed by atoms with Gasteiger partial charge < -0.3 is 0 Å². The van der Waals surface area contributed by atoms with E-state index >= 15 is 0 Å². The van der Waals surface area contributed by atoms with Crippen molar-refractivity contribution in [1.82, 2.24) is 14.4 Å². The highest BCUT2D eigenvalue weighted by atomic mass is 79.9. The van der Waals surface area contributed by atoms with Crippen LogP contribution >= 0.6 is 31.9 Å². The number of benzene rings is 1. The SMILES string of the molecule is Fc1ccc(-c2cn3cc(Br)cnc3n2)cc1Br. The Morgan fingerprint density at radius 2 is 2.00 bits per heavy atom. The van der Waals surface area contributed by atoms with Gasteiger partial charge in [0, 0.05) is 24.2 Å². The maximum absolute atomic E-state index is 13.2. The van der Waals surface area contributed by atoms with Crippen molar-refractivity contribution in [1.29, 1.82) is 0 Å². The summed E-state index contributed by atoms with van der Waals surface area (Å²) in [6.45, 7) is 0. The van der Waals surface area contributed by atoms with Gasteiger partial charge >= 0.3 is 0 Å². The van der Waals surface area contributed by atoms with Crippen LogP contribution < -0.4 is 0 Å². The van der Waals surface area contributed by atoms with E-state index in [4.69, 9.17) is 0 Å². The minimum absolute atomic E-state index is 0.289. The van der Waals surface area contributed by atoms with Crippen LogP contribution in [-0.2, 0) is 0 Å². The topological polar surface area (TPSA) is 30.2 Å². The molecule has 0 aliphatic rings. The summed E-state index contributed by atoms with van der Waals surface area (Å²) in [6.07, 6.45) is 5.41. The van der Waals surface area contributed by atoms with Crippen molar-refractivity contribution in [2.45, 2.75) is 0 Å². The van der Waals surface area contributed by atoms with Gasteiger partial charge in [-0.25, -0.2) is 14.4 Å². The largest absolute Gasteiger partial charge is 0.289 e. The number of halogens is 3. The normalized spacial score (nSPS) is 11.1. The Balaban J connectivity index is 2.16. The molecule has 0 bridgehead atoms. The van der Waals surface area contributed by atoms with E-state index in [1.807, 2.05) is 16.8 Å². The Hall–Kier alpha value is -1.27. The van der Waals surface area contributed by atoms with Crippen molar-refractivity contribution >= 4 is 37.6 Å². The molecule has 0 amide bonds. The monoisotopic (exact) mass is 369 g/mol. The molecule has 0 radical (unpaired) electrons. The quantitative estimate of drug-likeness (QED) is 0.646. The second kappa shape index (κ2) is 4.44. The standard InChI is InChI=1S/C12H6Br2FN3/c13-8-4-16-12-17-11(6-18(12)5-8)7-1-2-10(15)9(14)3-7/h1-6H. The summed E-state index contributed by atoms with van der Waals surface area (Å²) in [7, 11) is 0. The molecule has 3 nitrogen and oxygen atoms in total. The summed E-state index contributed by atoms with van der Waals surface area (Å²) in [6, 6.07) is 4.80. The minimum atomic E-state index is -0.289. The molecular formula is C12H6Br2FN3. The van der Waals surface area contributed by atoms with Gasteiger partial charge in [-0.05, 0) is 50.1 Å². The molecule has 0 atom stereocenters. The Morgan fingerprint density at radius 3 is 2.78 bits per heavy atom. The lowest BCUT2D eigenvalue weighted by atomic mass is 10.2. The van der Waals surface area contributed by atoms with Crippen molar-refractivity contribution in [3.05, 3.63) is 51.6 Å². The third-order valence-corrected chi connectivity index (χ3v) is 3.51. The van der Waals surface area contributed by atoms with Crippen LogP contribution in [0.25, 0.3) is 17.0 Å². The van der Waals surface area contributed by atoms with Gasteiger partial charge in [-0.2, -0.15) is 0 Å². The van der Waals surface area contributed by atoms with E-state index in [2.05, 4.69) is 41.8 Å². The van der Waals surface area contributed by atoms with E-state index < -0.39 is 0 Å². The number of nitrogens with zero attached hydrogens (tertiary/aromatic N) is 3. The summed E-state index contributed by atoms with van der Waals surface area (Å²) in [5.41, 5.74) is 1.59. The lowest BCUT2D eigenvalue weighted by Gasteiger charge is -1.98.